The molecule has 1 fully saturated rings. The molecule has 3 atom stereocenters. The number of esters is 2. The van der Waals surface area contributed by atoms with Gasteiger partial charge in [-0.3, -0.25) is 19.2 Å². The SMILES string of the molecule is COC(=O)CC(O)C1(NC(=O)[C@@H](CSC(c2ccccc2)(c2ccccc2)c2ccccc2)NC(=O)[C@@H](CCC(=O)OC(C)(C)C)NC(=O)OCC2c3ccccc3-c3ccccc32)CC1. The first-order valence-electron chi connectivity index (χ1n) is 22.2. The Hall–Kier alpha value is -6.44. The number of nitrogens with one attached hydrogen (secondary N) is 3. The van der Waals surface area contributed by atoms with Gasteiger partial charge < -0.3 is 35.3 Å². The van der Waals surface area contributed by atoms with E-state index in [1.807, 2.05) is 140 Å². The van der Waals surface area contributed by atoms with Crippen LogP contribution in [0.4, 0.5) is 4.79 Å². The van der Waals surface area contributed by atoms with Crippen LogP contribution in [0.2, 0.25) is 0 Å². The summed E-state index contributed by atoms with van der Waals surface area (Å²) < 4.78 is 15.3. The predicted molar refractivity (Wildman–Crippen MR) is 253 cm³/mol. The van der Waals surface area contributed by atoms with E-state index >= 15 is 0 Å². The molecule has 0 bridgehead atoms. The monoisotopic (exact) mass is 911 g/mol. The summed E-state index contributed by atoms with van der Waals surface area (Å²) >= 11 is 1.44. The molecular weight excluding hydrogens is 855 g/mol. The van der Waals surface area contributed by atoms with Crippen molar-refractivity contribution in [1.82, 2.24) is 16.0 Å². The number of carbonyl (C=O) groups excluding carboxylic acids is 5. The fraction of sp³-hybridized carbons (Fsp3) is 0.340. The third-order valence-corrected chi connectivity index (χ3v) is 13.7. The number of aliphatic hydroxyl groups is 1. The van der Waals surface area contributed by atoms with Gasteiger partial charge in [-0.05, 0) is 79.0 Å². The molecule has 5 aromatic carbocycles. The number of hydrogen-bond acceptors (Lipinski definition) is 10. The van der Waals surface area contributed by atoms with Crippen molar-refractivity contribution in [3.8, 4) is 11.1 Å². The topological polar surface area (TPSA) is 169 Å². The molecule has 0 aliphatic heterocycles. The lowest BCUT2D eigenvalue weighted by Gasteiger charge is -2.37. The smallest absolute Gasteiger partial charge is 0.407 e. The summed E-state index contributed by atoms with van der Waals surface area (Å²) in [4.78, 5) is 68.4. The predicted octanol–water partition coefficient (Wildman–Crippen LogP) is 7.80. The number of alkyl carbamates (subject to hydrolysis) is 1. The molecule has 3 amide bonds. The van der Waals surface area contributed by atoms with E-state index < -0.39 is 63.9 Å². The molecular formula is C53H57N3O9S. The molecule has 0 saturated heterocycles. The molecule has 12 nitrogen and oxygen atoms in total. The average Bonchev–Trinajstić information content (AvgIpc) is 4.04. The largest absolute Gasteiger partial charge is 0.469 e. The Labute approximate surface area is 390 Å². The summed E-state index contributed by atoms with van der Waals surface area (Å²) in [6.07, 6.45) is -2.06. The number of rotatable bonds is 19. The molecule has 66 heavy (non-hydrogen) atoms. The average molecular weight is 912 g/mol. The van der Waals surface area contributed by atoms with E-state index in [1.165, 1.54) is 18.9 Å². The molecule has 5 aromatic rings. The summed E-state index contributed by atoms with van der Waals surface area (Å²) in [5, 5.41) is 19.8. The number of fused-ring (bicyclic) bond motifs is 3. The lowest BCUT2D eigenvalue weighted by atomic mass is 9.84. The second-order valence-corrected chi connectivity index (χ2v) is 19.0. The van der Waals surface area contributed by atoms with Crippen molar-refractivity contribution >= 4 is 41.6 Å². The fourth-order valence-corrected chi connectivity index (χ4v) is 10.1. The van der Waals surface area contributed by atoms with Gasteiger partial charge in [0.1, 0.15) is 24.3 Å². The van der Waals surface area contributed by atoms with Crippen LogP contribution in [-0.2, 0) is 38.1 Å². The highest BCUT2D eigenvalue weighted by atomic mass is 32.2. The maximum Gasteiger partial charge on any atom is 0.407 e. The van der Waals surface area contributed by atoms with Gasteiger partial charge in [-0.25, -0.2) is 4.79 Å². The van der Waals surface area contributed by atoms with Crippen LogP contribution < -0.4 is 16.0 Å². The van der Waals surface area contributed by atoms with Gasteiger partial charge in [-0.15, -0.1) is 11.8 Å². The lowest BCUT2D eigenvalue weighted by Crippen LogP contribution is -2.58. The van der Waals surface area contributed by atoms with Crippen LogP contribution in [0.5, 0.6) is 0 Å². The van der Waals surface area contributed by atoms with Gasteiger partial charge in [0.2, 0.25) is 11.8 Å². The maximum atomic E-state index is 14.7. The number of thioether (sulfide) groups is 1. The van der Waals surface area contributed by atoms with Gasteiger partial charge in [0.25, 0.3) is 0 Å². The molecule has 1 saturated carbocycles. The van der Waals surface area contributed by atoms with Crippen LogP contribution in [0, 0.1) is 0 Å². The van der Waals surface area contributed by atoms with Crippen molar-refractivity contribution in [2.75, 3.05) is 19.5 Å². The van der Waals surface area contributed by atoms with E-state index in [1.54, 1.807) is 20.8 Å². The van der Waals surface area contributed by atoms with E-state index in [0.717, 1.165) is 38.9 Å². The Balaban J connectivity index is 1.18. The summed E-state index contributed by atoms with van der Waals surface area (Å²) in [6.45, 7) is 5.19. The van der Waals surface area contributed by atoms with Gasteiger partial charge in [-0.1, -0.05) is 140 Å². The minimum absolute atomic E-state index is 0.00314. The Morgan fingerprint density at radius 2 is 1.18 bits per heavy atom. The normalized spacial score (nSPS) is 15.2. The molecule has 4 N–H and O–H groups in total. The molecule has 0 radical (unpaired) electrons. The zero-order valence-corrected chi connectivity index (χ0v) is 38.5. The number of amides is 3. The standard InChI is InChI=1S/C53H57N3O9S/c1-51(2,3)65-46(58)29-28-43(55-50(62)64-33-42-40-26-16-14-24-38(40)39-25-15-17-27-41(39)42)48(60)54-44(49(61)56-52(30-31-52)45(57)32-47(59)63-4)34-66-53(35-18-8-5-9-19-35,36-20-10-6-11-21-36)37-22-12-7-13-23-37/h5-27,42-45,57H,28-34H2,1-4H3,(H,54,60)(H,55,62)(H,56,61)/t43-,44-,45?/m1/s1. The number of ether oxygens (including phenoxy) is 3. The molecule has 13 heteroatoms. The van der Waals surface area contributed by atoms with Crippen LogP contribution in [0.1, 0.15) is 86.6 Å². The molecule has 0 aromatic heterocycles. The maximum absolute atomic E-state index is 14.7. The van der Waals surface area contributed by atoms with Gasteiger partial charge in [0, 0.05) is 18.1 Å². The number of carbonyl (C=O) groups is 5. The minimum atomic E-state index is -1.34. The van der Waals surface area contributed by atoms with Crippen molar-refractivity contribution in [3.63, 3.8) is 0 Å². The van der Waals surface area contributed by atoms with Crippen molar-refractivity contribution in [1.29, 1.82) is 0 Å². The summed E-state index contributed by atoms with van der Waals surface area (Å²) in [6, 6.07) is 42.9. The van der Waals surface area contributed by atoms with E-state index in [9.17, 15) is 29.1 Å². The first-order valence-corrected chi connectivity index (χ1v) is 23.2. The van der Waals surface area contributed by atoms with E-state index in [2.05, 4.69) is 16.0 Å². The second-order valence-electron chi connectivity index (χ2n) is 17.7. The third kappa shape index (κ3) is 11.1. The van der Waals surface area contributed by atoms with E-state index in [-0.39, 0.29) is 37.5 Å². The van der Waals surface area contributed by atoms with Gasteiger partial charge in [0.05, 0.1) is 29.9 Å². The first kappa shape index (κ1) is 47.5. The lowest BCUT2D eigenvalue weighted by molar-refractivity contribution is -0.155. The number of benzene rings is 5. The summed E-state index contributed by atoms with van der Waals surface area (Å²) in [5.41, 5.74) is 5.01. The molecule has 0 heterocycles. The van der Waals surface area contributed by atoms with E-state index in [4.69, 9.17) is 14.2 Å². The number of methoxy groups -OCH3 is 1. The van der Waals surface area contributed by atoms with Crippen molar-refractivity contribution < 1.29 is 43.3 Å². The summed E-state index contributed by atoms with van der Waals surface area (Å²) in [5.74, 6) is -2.79. The molecule has 7 rings (SSSR count). The zero-order chi connectivity index (χ0) is 46.9. The molecule has 2 aliphatic carbocycles. The Morgan fingerprint density at radius 3 is 1.67 bits per heavy atom. The molecule has 0 spiro atoms. The third-order valence-electron chi connectivity index (χ3n) is 12.0. The fourth-order valence-electron chi connectivity index (χ4n) is 8.58. The van der Waals surface area contributed by atoms with Gasteiger partial charge in [0.15, 0.2) is 0 Å². The highest BCUT2D eigenvalue weighted by molar-refractivity contribution is 8.00. The molecule has 2 aliphatic rings. The second kappa shape index (κ2) is 20.8. The molecule has 1 unspecified atom stereocenters. The van der Waals surface area contributed by atoms with E-state index in [0.29, 0.717) is 12.8 Å². The van der Waals surface area contributed by atoms with Crippen LogP contribution in [0.25, 0.3) is 11.1 Å². The Kier molecular flexibility index (Phi) is 15.0. The summed E-state index contributed by atoms with van der Waals surface area (Å²) in [7, 11) is 1.23. The Morgan fingerprint density at radius 1 is 0.682 bits per heavy atom. The van der Waals surface area contributed by atoms with Crippen molar-refractivity contribution in [2.24, 2.45) is 0 Å². The number of aliphatic hydroxyl groups excluding tert-OH is 1. The van der Waals surface area contributed by atoms with Crippen LogP contribution in [-0.4, -0.2) is 83.7 Å². The Bertz CT molecular complexity index is 2350. The quantitative estimate of drug-likeness (QED) is 0.0365. The van der Waals surface area contributed by atoms with Crippen molar-refractivity contribution in [2.45, 2.75) is 92.9 Å². The van der Waals surface area contributed by atoms with Gasteiger partial charge >= 0.3 is 18.0 Å². The van der Waals surface area contributed by atoms with Crippen LogP contribution in [0.15, 0.2) is 140 Å². The highest BCUT2D eigenvalue weighted by Crippen LogP contribution is 2.49. The number of hydrogen-bond donors (Lipinski definition) is 4. The highest BCUT2D eigenvalue weighted by Gasteiger charge is 2.52. The minimum Gasteiger partial charge on any atom is -0.469 e. The van der Waals surface area contributed by atoms with Crippen molar-refractivity contribution in [3.05, 3.63) is 167 Å². The molecule has 344 valence electrons. The van der Waals surface area contributed by atoms with Crippen LogP contribution in [0.3, 0.4) is 0 Å². The zero-order valence-electron chi connectivity index (χ0n) is 37.7. The first-order chi connectivity index (χ1) is 31.7. The van der Waals surface area contributed by atoms with Gasteiger partial charge in [-0.2, -0.15) is 0 Å². The van der Waals surface area contributed by atoms with Crippen LogP contribution >= 0.6 is 11.8 Å².